The molecule has 1 aromatic heterocycles. The van der Waals surface area contributed by atoms with Gasteiger partial charge >= 0.3 is 0 Å². The van der Waals surface area contributed by atoms with Gasteiger partial charge in [0.1, 0.15) is 0 Å². The number of nitrogens with zero attached hydrogens (tertiary/aromatic N) is 2. The summed E-state index contributed by atoms with van der Waals surface area (Å²) in [6.45, 7) is 1.88. The minimum Gasteiger partial charge on any atom is -0.390 e. The quantitative estimate of drug-likeness (QED) is 0.926. The van der Waals surface area contributed by atoms with Crippen molar-refractivity contribution >= 4 is 11.6 Å². The third kappa shape index (κ3) is 2.81. The zero-order valence-corrected chi connectivity index (χ0v) is 12.7. The van der Waals surface area contributed by atoms with E-state index in [0.29, 0.717) is 11.4 Å². The number of aliphatic hydroxyl groups is 1. The van der Waals surface area contributed by atoms with Gasteiger partial charge in [-0.3, -0.25) is 4.68 Å². The summed E-state index contributed by atoms with van der Waals surface area (Å²) >= 11 is 6.25. The van der Waals surface area contributed by atoms with Crippen LogP contribution in [0.25, 0.3) is 0 Å². The van der Waals surface area contributed by atoms with Gasteiger partial charge in [0.05, 0.1) is 28.1 Å². The number of aryl methyl sites for hydroxylation is 2. The Morgan fingerprint density at radius 1 is 1.42 bits per heavy atom. The molecule has 0 saturated heterocycles. The van der Waals surface area contributed by atoms with Crippen LogP contribution in [-0.4, -0.2) is 33.7 Å². The Morgan fingerprint density at radius 2 is 2.05 bits per heavy atom. The normalized spacial score (nSPS) is 20.5. The second-order valence-corrected chi connectivity index (χ2v) is 5.90. The standard InChI is InChI=1S/C14H23ClN2O2/c1-10-13(15)11(17(2)16-10)9-12(18)14(19-3)7-5-4-6-8-14/h12,18H,4-9H2,1-3H3. The zero-order chi connectivity index (χ0) is 14.0. The van der Waals surface area contributed by atoms with E-state index in [2.05, 4.69) is 5.10 Å². The van der Waals surface area contributed by atoms with Crippen LogP contribution in [0.4, 0.5) is 0 Å². The molecule has 5 heteroatoms. The molecule has 1 unspecified atom stereocenters. The van der Waals surface area contributed by atoms with E-state index >= 15 is 0 Å². The van der Waals surface area contributed by atoms with Crippen LogP contribution in [0.3, 0.4) is 0 Å². The van der Waals surface area contributed by atoms with Crippen molar-refractivity contribution in [2.75, 3.05) is 7.11 Å². The topological polar surface area (TPSA) is 47.3 Å². The summed E-state index contributed by atoms with van der Waals surface area (Å²) in [5.41, 5.74) is 1.27. The second kappa shape index (κ2) is 5.81. The first-order chi connectivity index (χ1) is 9.00. The summed E-state index contributed by atoms with van der Waals surface area (Å²) in [4.78, 5) is 0. The highest BCUT2D eigenvalue weighted by molar-refractivity contribution is 6.31. The van der Waals surface area contributed by atoms with E-state index in [1.807, 2.05) is 14.0 Å². The van der Waals surface area contributed by atoms with Gasteiger partial charge in [-0.1, -0.05) is 30.9 Å². The Bertz CT molecular complexity index is 439. The summed E-state index contributed by atoms with van der Waals surface area (Å²) < 4.78 is 7.43. The van der Waals surface area contributed by atoms with E-state index in [9.17, 15) is 5.11 Å². The number of hydrogen-bond donors (Lipinski definition) is 1. The number of aliphatic hydroxyl groups excluding tert-OH is 1. The van der Waals surface area contributed by atoms with Gasteiger partial charge in [0, 0.05) is 20.6 Å². The van der Waals surface area contributed by atoms with Gasteiger partial charge in [-0.15, -0.1) is 0 Å². The highest BCUT2D eigenvalue weighted by Gasteiger charge is 2.39. The maximum absolute atomic E-state index is 10.6. The predicted molar refractivity (Wildman–Crippen MR) is 75.5 cm³/mol. The molecule has 0 aliphatic heterocycles. The van der Waals surface area contributed by atoms with Crippen LogP contribution in [0, 0.1) is 6.92 Å². The highest BCUT2D eigenvalue weighted by Crippen LogP contribution is 2.36. The van der Waals surface area contributed by atoms with Crippen molar-refractivity contribution in [1.29, 1.82) is 0 Å². The molecular weight excluding hydrogens is 264 g/mol. The van der Waals surface area contributed by atoms with Crippen molar-refractivity contribution in [3.8, 4) is 0 Å². The van der Waals surface area contributed by atoms with E-state index in [1.54, 1.807) is 11.8 Å². The lowest BCUT2D eigenvalue weighted by atomic mass is 9.79. The first-order valence-corrected chi connectivity index (χ1v) is 7.29. The third-order valence-corrected chi connectivity index (χ3v) is 4.85. The number of aromatic nitrogens is 2. The summed E-state index contributed by atoms with van der Waals surface area (Å²) in [6, 6.07) is 0. The van der Waals surface area contributed by atoms with Crippen LogP contribution in [0.5, 0.6) is 0 Å². The molecule has 1 saturated carbocycles. The van der Waals surface area contributed by atoms with Crippen LogP contribution in [-0.2, 0) is 18.2 Å². The molecule has 19 heavy (non-hydrogen) atoms. The fraction of sp³-hybridized carbons (Fsp3) is 0.786. The average molecular weight is 287 g/mol. The van der Waals surface area contributed by atoms with Crippen molar-refractivity contribution in [1.82, 2.24) is 9.78 Å². The molecule has 1 atom stereocenters. The number of hydrogen-bond acceptors (Lipinski definition) is 3. The molecule has 108 valence electrons. The molecule has 1 aromatic rings. The van der Waals surface area contributed by atoms with E-state index in [-0.39, 0.29) is 0 Å². The van der Waals surface area contributed by atoms with Crippen LogP contribution >= 0.6 is 11.6 Å². The molecule has 2 rings (SSSR count). The van der Waals surface area contributed by atoms with Gasteiger partial charge in [0.15, 0.2) is 0 Å². The summed E-state index contributed by atoms with van der Waals surface area (Å²) in [5, 5.41) is 15.6. The molecule has 1 aliphatic rings. The second-order valence-electron chi connectivity index (χ2n) is 5.52. The molecule has 1 heterocycles. The molecule has 0 amide bonds. The Labute approximate surface area is 119 Å². The number of ether oxygens (including phenoxy) is 1. The van der Waals surface area contributed by atoms with Crippen LogP contribution in [0.15, 0.2) is 0 Å². The van der Waals surface area contributed by atoms with Crippen molar-refractivity contribution in [2.45, 2.75) is 57.2 Å². The third-order valence-electron chi connectivity index (χ3n) is 4.36. The summed E-state index contributed by atoms with van der Waals surface area (Å²) in [5.74, 6) is 0. The maximum atomic E-state index is 10.6. The zero-order valence-electron chi connectivity index (χ0n) is 11.9. The Hall–Kier alpha value is -0.580. The lowest BCUT2D eigenvalue weighted by molar-refractivity contribution is -0.122. The number of methoxy groups -OCH3 is 1. The molecule has 1 fully saturated rings. The molecule has 1 N–H and O–H groups in total. The van der Waals surface area contributed by atoms with Crippen LogP contribution in [0.2, 0.25) is 5.02 Å². The smallest absolute Gasteiger partial charge is 0.0940 e. The molecule has 0 aromatic carbocycles. The van der Waals surface area contributed by atoms with Crippen molar-refractivity contribution in [3.05, 3.63) is 16.4 Å². The Balaban J connectivity index is 2.17. The van der Waals surface area contributed by atoms with Crippen LogP contribution in [0.1, 0.15) is 43.5 Å². The first kappa shape index (κ1) is 14.8. The highest BCUT2D eigenvalue weighted by atomic mass is 35.5. The van der Waals surface area contributed by atoms with Crippen LogP contribution < -0.4 is 0 Å². The lowest BCUT2D eigenvalue weighted by Gasteiger charge is -2.40. The lowest BCUT2D eigenvalue weighted by Crippen LogP contribution is -2.47. The minimum absolute atomic E-state index is 0.417. The van der Waals surface area contributed by atoms with E-state index in [1.165, 1.54) is 6.42 Å². The maximum Gasteiger partial charge on any atom is 0.0940 e. The summed E-state index contributed by atoms with van der Waals surface area (Å²) in [6.07, 6.45) is 5.24. The average Bonchev–Trinajstić information content (AvgIpc) is 2.66. The Morgan fingerprint density at radius 3 is 2.53 bits per heavy atom. The van der Waals surface area contributed by atoms with E-state index in [4.69, 9.17) is 16.3 Å². The van der Waals surface area contributed by atoms with Gasteiger partial charge in [-0.05, 0) is 19.8 Å². The van der Waals surface area contributed by atoms with Gasteiger partial charge in [0.2, 0.25) is 0 Å². The van der Waals surface area contributed by atoms with Gasteiger partial charge in [0.25, 0.3) is 0 Å². The van der Waals surface area contributed by atoms with E-state index < -0.39 is 11.7 Å². The summed E-state index contributed by atoms with van der Waals surface area (Å²) in [7, 11) is 3.56. The van der Waals surface area contributed by atoms with Gasteiger partial charge in [-0.25, -0.2) is 0 Å². The SMILES string of the molecule is COC1(C(O)Cc2c(Cl)c(C)nn2C)CCCCC1. The van der Waals surface area contributed by atoms with Gasteiger partial charge in [-0.2, -0.15) is 5.10 Å². The molecule has 0 bridgehead atoms. The first-order valence-electron chi connectivity index (χ1n) is 6.91. The van der Waals surface area contributed by atoms with Crippen molar-refractivity contribution < 1.29 is 9.84 Å². The number of halogens is 1. The largest absolute Gasteiger partial charge is 0.390 e. The molecule has 0 radical (unpaired) electrons. The predicted octanol–water partition coefficient (Wildman–Crippen LogP) is 2.63. The molecule has 4 nitrogen and oxygen atoms in total. The van der Waals surface area contributed by atoms with E-state index in [0.717, 1.165) is 37.1 Å². The van der Waals surface area contributed by atoms with Crippen molar-refractivity contribution in [3.63, 3.8) is 0 Å². The minimum atomic E-state index is -0.537. The monoisotopic (exact) mass is 286 g/mol. The molecule has 1 aliphatic carbocycles. The fourth-order valence-corrected chi connectivity index (χ4v) is 3.33. The van der Waals surface area contributed by atoms with Gasteiger partial charge < -0.3 is 9.84 Å². The molecular formula is C14H23ClN2O2. The Kier molecular flexibility index (Phi) is 4.54. The van der Waals surface area contributed by atoms with Crippen molar-refractivity contribution in [2.24, 2.45) is 7.05 Å². The fourth-order valence-electron chi connectivity index (χ4n) is 3.09. The molecule has 0 spiro atoms. The number of rotatable bonds is 4.